The molecule has 0 atom stereocenters. The number of para-hydroxylation sites is 1. The number of phenols is 2. The van der Waals surface area contributed by atoms with E-state index in [1.54, 1.807) is 24.3 Å². The third-order valence-corrected chi connectivity index (χ3v) is 7.08. The average Bonchev–Trinajstić information content (AvgIpc) is 3.02. The molecule has 0 aliphatic rings. The maximum Gasteiger partial charge on any atom is 0.256 e. The summed E-state index contributed by atoms with van der Waals surface area (Å²) in [6.45, 7) is 0. The van der Waals surface area contributed by atoms with Crippen LogP contribution >= 0.6 is 0 Å². The third-order valence-electron chi connectivity index (χ3n) is 7.08. The summed E-state index contributed by atoms with van der Waals surface area (Å²) in [6.07, 6.45) is 0. The fourth-order valence-corrected chi connectivity index (χ4v) is 4.92. The van der Waals surface area contributed by atoms with Crippen LogP contribution in [0.2, 0.25) is 0 Å². The van der Waals surface area contributed by atoms with Crippen LogP contribution in [0.5, 0.6) is 11.5 Å². The number of rotatable bonds is 6. The Morgan fingerprint density at radius 1 is 0.500 bits per heavy atom. The smallest absolute Gasteiger partial charge is 0.256 e. The number of hydrogen-bond donors (Lipinski definition) is 4. The van der Waals surface area contributed by atoms with Gasteiger partial charge in [-0.2, -0.15) is 0 Å². The van der Waals surface area contributed by atoms with E-state index in [1.807, 2.05) is 60.7 Å². The number of aromatic hydroxyl groups is 2. The molecule has 6 rings (SSSR count). The van der Waals surface area contributed by atoms with Crippen molar-refractivity contribution in [2.75, 3.05) is 10.6 Å². The standard InChI is InChI=1S/C35H24N2O5/c38-30-18-17-24(20-29(30)36-34(41)25-16-15-21-7-1-2-9-23(21)19-25)33(40)28-13-6-14-31(39)32(28)37-35(42)27-12-5-10-22-8-3-4-11-26(22)27/h1-20,38-39H,(H,36,41)(H,37,42). The van der Waals surface area contributed by atoms with Crippen LogP contribution in [0.1, 0.15) is 36.6 Å². The van der Waals surface area contributed by atoms with Gasteiger partial charge >= 0.3 is 0 Å². The Balaban J connectivity index is 1.29. The Bertz CT molecular complexity index is 2030. The maximum atomic E-state index is 13.7. The lowest BCUT2D eigenvalue weighted by molar-refractivity contribution is 0.101. The van der Waals surface area contributed by atoms with Crippen molar-refractivity contribution in [3.05, 3.63) is 144 Å². The molecule has 0 heterocycles. The fourth-order valence-electron chi connectivity index (χ4n) is 4.92. The highest BCUT2D eigenvalue weighted by atomic mass is 16.3. The van der Waals surface area contributed by atoms with Gasteiger partial charge < -0.3 is 20.8 Å². The normalized spacial score (nSPS) is 10.9. The molecule has 42 heavy (non-hydrogen) atoms. The molecule has 4 N–H and O–H groups in total. The predicted molar refractivity (Wildman–Crippen MR) is 163 cm³/mol. The summed E-state index contributed by atoms with van der Waals surface area (Å²) < 4.78 is 0. The van der Waals surface area contributed by atoms with E-state index in [1.165, 1.54) is 36.4 Å². The quantitative estimate of drug-likeness (QED) is 0.129. The van der Waals surface area contributed by atoms with Gasteiger partial charge in [0, 0.05) is 22.3 Å². The van der Waals surface area contributed by atoms with E-state index in [0.29, 0.717) is 11.1 Å². The van der Waals surface area contributed by atoms with E-state index in [4.69, 9.17) is 0 Å². The number of benzene rings is 6. The molecular formula is C35H24N2O5. The second-order valence-electron chi connectivity index (χ2n) is 9.76. The van der Waals surface area contributed by atoms with Crippen LogP contribution in [0.15, 0.2) is 121 Å². The van der Waals surface area contributed by atoms with Crippen LogP contribution in [0.3, 0.4) is 0 Å². The Morgan fingerprint density at radius 2 is 1.17 bits per heavy atom. The lowest BCUT2D eigenvalue weighted by atomic mass is 9.99. The van der Waals surface area contributed by atoms with Crippen molar-refractivity contribution in [3.8, 4) is 11.5 Å². The highest BCUT2D eigenvalue weighted by molar-refractivity contribution is 6.19. The Kier molecular flexibility index (Phi) is 6.82. The molecule has 0 unspecified atom stereocenters. The first-order valence-electron chi connectivity index (χ1n) is 13.2. The molecule has 0 aliphatic carbocycles. The van der Waals surface area contributed by atoms with Crippen LogP contribution in [-0.4, -0.2) is 27.8 Å². The molecule has 6 aromatic carbocycles. The molecule has 6 aromatic rings. The second kappa shape index (κ2) is 10.9. The first-order chi connectivity index (χ1) is 20.4. The van der Waals surface area contributed by atoms with Crippen molar-refractivity contribution in [3.63, 3.8) is 0 Å². The summed E-state index contributed by atoms with van der Waals surface area (Å²) in [4.78, 5) is 40.0. The second-order valence-corrected chi connectivity index (χ2v) is 9.76. The van der Waals surface area contributed by atoms with E-state index in [9.17, 15) is 24.6 Å². The molecule has 0 aliphatic heterocycles. The number of carbonyl (C=O) groups excluding carboxylic acids is 3. The summed E-state index contributed by atoms with van der Waals surface area (Å²) in [7, 11) is 0. The summed E-state index contributed by atoms with van der Waals surface area (Å²) in [5.41, 5.74) is 0.944. The zero-order valence-electron chi connectivity index (χ0n) is 22.2. The first kappa shape index (κ1) is 26.3. The number of carbonyl (C=O) groups is 3. The van der Waals surface area contributed by atoms with Gasteiger partial charge in [-0.1, -0.05) is 72.8 Å². The highest BCUT2D eigenvalue weighted by Crippen LogP contribution is 2.33. The fraction of sp³-hybridized carbons (Fsp3) is 0. The molecule has 0 fully saturated rings. The molecule has 0 saturated carbocycles. The van der Waals surface area contributed by atoms with Gasteiger partial charge in [0.2, 0.25) is 0 Å². The summed E-state index contributed by atoms with van der Waals surface area (Å²) >= 11 is 0. The Labute approximate surface area is 240 Å². The Morgan fingerprint density at radius 3 is 2.00 bits per heavy atom. The van der Waals surface area contributed by atoms with Crippen molar-refractivity contribution >= 4 is 50.5 Å². The Hall–Kier alpha value is -5.95. The number of hydrogen-bond acceptors (Lipinski definition) is 5. The number of anilines is 2. The molecule has 2 amide bonds. The summed E-state index contributed by atoms with van der Waals surface area (Å²) in [6, 6.07) is 34.1. The van der Waals surface area contributed by atoms with E-state index in [2.05, 4.69) is 10.6 Å². The molecule has 7 heteroatoms. The lowest BCUT2D eigenvalue weighted by Gasteiger charge is -2.14. The van der Waals surface area contributed by atoms with Crippen LogP contribution in [-0.2, 0) is 0 Å². The van der Waals surface area contributed by atoms with Gasteiger partial charge in [-0.05, 0) is 70.1 Å². The highest BCUT2D eigenvalue weighted by Gasteiger charge is 2.21. The van der Waals surface area contributed by atoms with Crippen molar-refractivity contribution in [1.82, 2.24) is 0 Å². The predicted octanol–water partition coefficient (Wildman–Crippen LogP) is 7.14. The zero-order chi connectivity index (χ0) is 29.2. The lowest BCUT2D eigenvalue weighted by Crippen LogP contribution is -2.16. The van der Waals surface area contributed by atoms with Crippen LogP contribution in [0.4, 0.5) is 11.4 Å². The third kappa shape index (κ3) is 5.02. The SMILES string of the molecule is O=C(Nc1cc(C(=O)c2cccc(O)c2NC(=O)c2cccc3ccccc23)ccc1O)c1ccc2ccccc2c1. The number of amides is 2. The van der Waals surface area contributed by atoms with Gasteiger partial charge in [-0.25, -0.2) is 0 Å². The van der Waals surface area contributed by atoms with Gasteiger partial charge in [0.05, 0.1) is 11.4 Å². The molecule has 0 spiro atoms. The van der Waals surface area contributed by atoms with Crippen molar-refractivity contribution in [1.29, 1.82) is 0 Å². The van der Waals surface area contributed by atoms with Gasteiger partial charge in [0.1, 0.15) is 11.5 Å². The van der Waals surface area contributed by atoms with E-state index in [-0.39, 0.29) is 34.0 Å². The molecule has 0 aromatic heterocycles. The summed E-state index contributed by atoms with van der Waals surface area (Å²) in [5.74, 6) is -1.98. The van der Waals surface area contributed by atoms with Gasteiger partial charge in [0.25, 0.3) is 11.8 Å². The van der Waals surface area contributed by atoms with Crippen molar-refractivity contribution in [2.45, 2.75) is 0 Å². The molecule has 0 radical (unpaired) electrons. The molecule has 0 bridgehead atoms. The van der Waals surface area contributed by atoms with E-state index >= 15 is 0 Å². The van der Waals surface area contributed by atoms with Crippen molar-refractivity contribution < 1.29 is 24.6 Å². The average molecular weight is 553 g/mol. The maximum absolute atomic E-state index is 13.7. The zero-order valence-corrected chi connectivity index (χ0v) is 22.2. The van der Waals surface area contributed by atoms with Gasteiger partial charge in [-0.15, -0.1) is 0 Å². The summed E-state index contributed by atoms with van der Waals surface area (Å²) in [5, 5.41) is 30.0. The number of fused-ring (bicyclic) bond motifs is 2. The van der Waals surface area contributed by atoms with Crippen LogP contribution in [0.25, 0.3) is 21.5 Å². The largest absolute Gasteiger partial charge is 0.506 e. The van der Waals surface area contributed by atoms with Crippen LogP contribution < -0.4 is 10.6 Å². The first-order valence-corrected chi connectivity index (χ1v) is 13.2. The minimum atomic E-state index is -0.527. The van der Waals surface area contributed by atoms with Gasteiger partial charge in [0.15, 0.2) is 5.78 Å². The monoisotopic (exact) mass is 552 g/mol. The number of nitrogens with one attached hydrogen (secondary N) is 2. The number of ketones is 1. The minimum Gasteiger partial charge on any atom is -0.506 e. The van der Waals surface area contributed by atoms with E-state index in [0.717, 1.165) is 21.5 Å². The van der Waals surface area contributed by atoms with Crippen LogP contribution in [0, 0.1) is 0 Å². The molecule has 7 nitrogen and oxygen atoms in total. The van der Waals surface area contributed by atoms with Crippen molar-refractivity contribution in [2.24, 2.45) is 0 Å². The number of phenolic OH excluding ortho intramolecular Hbond substituents is 2. The molecular weight excluding hydrogens is 528 g/mol. The molecule has 0 saturated heterocycles. The molecule has 204 valence electrons. The van der Waals surface area contributed by atoms with Gasteiger partial charge in [-0.3, -0.25) is 14.4 Å². The minimum absolute atomic E-state index is 0.0421. The van der Waals surface area contributed by atoms with E-state index < -0.39 is 17.6 Å². The topological polar surface area (TPSA) is 116 Å².